The van der Waals surface area contributed by atoms with E-state index in [0.29, 0.717) is 28.8 Å². The zero-order chi connectivity index (χ0) is 20.3. The van der Waals surface area contributed by atoms with E-state index >= 15 is 0 Å². The number of amides is 1. The number of ether oxygens (including phenoxy) is 2. The molecule has 1 N–H and O–H groups in total. The minimum atomic E-state index is -0.511. The lowest BCUT2D eigenvalue weighted by molar-refractivity contribution is -0.118. The summed E-state index contributed by atoms with van der Waals surface area (Å²) in [5.41, 5.74) is 2.09. The van der Waals surface area contributed by atoms with Gasteiger partial charge in [0.1, 0.15) is 6.61 Å². The maximum Gasteiger partial charge on any atom is 0.235 e. The van der Waals surface area contributed by atoms with Gasteiger partial charge in [0.25, 0.3) is 0 Å². The summed E-state index contributed by atoms with van der Waals surface area (Å²) >= 11 is 6.12. The van der Waals surface area contributed by atoms with Crippen molar-refractivity contribution < 1.29 is 14.3 Å². The maximum atomic E-state index is 13.0. The number of methoxy groups -OCH3 is 1. The van der Waals surface area contributed by atoms with Gasteiger partial charge in [-0.2, -0.15) is 0 Å². The normalized spacial score (nSPS) is 14.1. The van der Waals surface area contributed by atoms with Gasteiger partial charge in [-0.15, -0.1) is 0 Å². The molecule has 0 atom stereocenters. The third-order valence-electron chi connectivity index (χ3n) is 5.13. The van der Waals surface area contributed by atoms with Crippen molar-refractivity contribution >= 4 is 23.2 Å². The minimum Gasteiger partial charge on any atom is -0.493 e. The van der Waals surface area contributed by atoms with Crippen LogP contribution in [0.1, 0.15) is 24.0 Å². The van der Waals surface area contributed by atoms with Gasteiger partial charge in [0, 0.05) is 29.2 Å². The van der Waals surface area contributed by atoms with Crippen LogP contribution in [0.25, 0.3) is 0 Å². The summed E-state index contributed by atoms with van der Waals surface area (Å²) < 4.78 is 11.3. The van der Waals surface area contributed by atoms with Crippen molar-refractivity contribution in [1.29, 1.82) is 0 Å². The van der Waals surface area contributed by atoms with Crippen molar-refractivity contribution in [2.24, 2.45) is 0 Å². The van der Waals surface area contributed by atoms with Crippen molar-refractivity contribution in [3.63, 3.8) is 0 Å². The molecule has 1 saturated carbocycles. The Kier molecular flexibility index (Phi) is 5.41. The molecular weight excluding hydrogens is 388 g/mol. The lowest BCUT2D eigenvalue weighted by atomic mass is 9.95. The van der Waals surface area contributed by atoms with Gasteiger partial charge in [-0.3, -0.25) is 9.78 Å². The third-order valence-corrected chi connectivity index (χ3v) is 5.36. The highest BCUT2D eigenvalue weighted by atomic mass is 35.5. The van der Waals surface area contributed by atoms with Gasteiger partial charge in [0.2, 0.25) is 5.91 Å². The number of halogens is 1. The Morgan fingerprint density at radius 3 is 2.59 bits per heavy atom. The Morgan fingerprint density at radius 1 is 1.10 bits per heavy atom. The Balaban J connectivity index is 1.51. The van der Waals surface area contributed by atoms with Gasteiger partial charge in [-0.05, 0) is 60.4 Å². The predicted molar refractivity (Wildman–Crippen MR) is 113 cm³/mol. The molecule has 0 saturated heterocycles. The molecule has 1 aromatic heterocycles. The third kappa shape index (κ3) is 4.20. The van der Waals surface area contributed by atoms with E-state index in [1.165, 1.54) is 0 Å². The highest BCUT2D eigenvalue weighted by molar-refractivity contribution is 6.30. The van der Waals surface area contributed by atoms with E-state index in [1.807, 2.05) is 42.5 Å². The summed E-state index contributed by atoms with van der Waals surface area (Å²) in [5, 5.41) is 3.66. The van der Waals surface area contributed by atoms with E-state index in [0.717, 1.165) is 24.0 Å². The average molecular weight is 409 g/mol. The fourth-order valence-electron chi connectivity index (χ4n) is 3.32. The number of carbonyl (C=O) groups excluding carboxylic acids is 1. The average Bonchev–Trinajstić information content (AvgIpc) is 3.55. The van der Waals surface area contributed by atoms with Crippen LogP contribution in [0.5, 0.6) is 11.5 Å². The second kappa shape index (κ2) is 8.13. The first-order chi connectivity index (χ1) is 14.1. The van der Waals surface area contributed by atoms with Crippen molar-refractivity contribution in [2.75, 3.05) is 12.4 Å². The molecule has 0 bridgehead atoms. The Labute approximate surface area is 174 Å². The lowest BCUT2D eigenvalue weighted by Crippen LogP contribution is -2.27. The van der Waals surface area contributed by atoms with E-state index in [-0.39, 0.29) is 5.91 Å². The fourth-order valence-corrected chi connectivity index (χ4v) is 3.51. The summed E-state index contributed by atoms with van der Waals surface area (Å²) in [4.78, 5) is 17.0. The highest BCUT2D eigenvalue weighted by Gasteiger charge is 2.51. The SMILES string of the molecule is COc1ccc(NC(=O)C2(c3cccc(Cl)c3)CC2)cc1OCc1ccncc1. The molecular formula is C23H21ClN2O3. The van der Waals surface area contributed by atoms with E-state index in [1.54, 1.807) is 31.6 Å². The van der Waals surface area contributed by atoms with E-state index in [4.69, 9.17) is 21.1 Å². The van der Waals surface area contributed by atoms with Gasteiger partial charge in [-0.25, -0.2) is 0 Å². The van der Waals surface area contributed by atoms with Gasteiger partial charge < -0.3 is 14.8 Å². The van der Waals surface area contributed by atoms with E-state index in [9.17, 15) is 4.79 Å². The number of benzene rings is 2. The Morgan fingerprint density at radius 2 is 1.90 bits per heavy atom. The van der Waals surface area contributed by atoms with Crippen LogP contribution >= 0.6 is 11.6 Å². The van der Waals surface area contributed by atoms with Crippen LogP contribution in [-0.2, 0) is 16.8 Å². The molecule has 1 heterocycles. The first-order valence-electron chi connectivity index (χ1n) is 9.38. The molecule has 0 aliphatic heterocycles. The largest absolute Gasteiger partial charge is 0.493 e. The first-order valence-corrected chi connectivity index (χ1v) is 9.76. The van der Waals surface area contributed by atoms with Crippen LogP contribution in [0.2, 0.25) is 5.02 Å². The number of rotatable bonds is 7. The smallest absolute Gasteiger partial charge is 0.235 e. The van der Waals surface area contributed by atoms with Gasteiger partial charge in [0.05, 0.1) is 12.5 Å². The molecule has 2 aromatic carbocycles. The van der Waals surface area contributed by atoms with Gasteiger partial charge in [-0.1, -0.05) is 23.7 Å². The Bertz CT molecular complexity index is 1020. The first kappa shape index (κ1) is 19.3. The van der Waals surface area contributed by atoms with Crippen molar-refractivity contribution in [3.8, 4) is 11.5 Å². The molecule has 148 valence electrons. The number of hydrogen-bond donors (Lipinski definition) is 1. The fraction of sp³-hybridized carbons (Fsp3) is 0.217. The van der Waals surface area contributed by atoms with Gasteiger partial charge in [0.15, 0.2) is 11.5 Å². The quantitative estimate of drug-likeness (QED) is 0.598. The second-order valence-corrected chi connectivity index (χ2v) is 7.49. The van der Waals surface area contributed by atoms with E-state index in [2.05, 4.69) is 10.3 Å². The van der Waals surface area contributed by atoms with Crippen LogP contribution in [0.15, 0.2) is 67.0 Å². The molecule has 0 radical (unpaired) electrons. The second-order valence-electron chi connectivity index (χ2n) is 7.06. The summed E-state index contributed by atoms with van der Waals surface area (Å²) in [5.74, 6) is 1.13. The molecule has 1 amide bonds. The molecule has 4 rings (SSSR count). The number of aromatic nitrogens is 1. The van der Waals surface area contributed by atoms with Crippen LogP contribution in [-0.4, -0.2) is 18.0 Å². The molecule has 0 unspecified atom stereocenters. The lowest BCUT2D eigenvalue weighted by Gasteiger charge is -2.17. The van der Waals surface area contributed by atoms with Crippen molar-refractivity contribution in [2.45, 2.75) is 24.9 Å². The minimum absolute atomic E-state index is 0.0370. The molecule has 0 spiro atoms. The zero-order valence-corrected chi connectivity index (χ0v) is 16.8. The number of pyridine rings is 1. The monoisotopic (exact) mass is 408 g/mol. The molecule has 1 aliphatic rings. The topological polar surface area (TPSA) is 60.5 Å². The van der Waals surface area contributed by atoms with E-state index < -0.39 is 5.41 Å². The summed E-state index contributed by atoms with van der Waals surface area (Å²) in [6.07, 6.45) is 5.05. The molecule has 1 aliphatic carbocycles. The number of carbonyl (C=O) groups is 1. The van der Waals surface area contributed by atoms with Crippen molar-refractivity contribution in [1.82, 2.24) is 4.98 Å². The molecule has 29 heavy (non-hydrogen) atoms. The summed E-state index contributed by atoms with van der Waals surface area (Å²) in [6, 6.07) is 16.7. The number of anilines is 1. The molecule has 5 nitrogen and oxygen atoms in total. The zero-order valence-electron chi connectivity index (χ0n) is 16.0. The maximum absolute atomic E-state index is 13.0. The van der Waals surface area contributed by atoms with Crippen molar-refractivity contribution in [3.05, 3.63) is 83.1 Å². The molecule has 6 heteroatoms. The van der Waals surface area contributed by atoms with Crippen LogP contribution < -0.4 is 14.8 Å². The molecule has 1 fully saturated rings. The van der Waals surface area contributed by atoms with Crippen LogP contribution in [0.4, 0.5) is 5.69 Å². The van der Waals surface area contributed by atoms with Crippen LogP contribution in [0.3, 0.4) is 0 Å². The number of hydrogen-bond acceptors (Lipinski definition) is 4. The molecule has 3 aromatic rings. The summed E-state index contributed by atoms with van der Waals surface area (Å²) in [7, 11) is 1.59. The number of nitrogens with zero attached hydrogens (tertiary/aromatic N) is 1. The van der Waals surface area contributed by atoms with Crippen LogP contribution in [0, 0.1) is 0 Å². The standard InChI is InChI=1S/C23H21ClN2O3/c1-28-20-6-5-19(14-21(20)29-15-16-7-11-25-12-8-16)26-22(27)23(9-10-23)17-3-2-4-18(24)13-17/h2-8,11-14H,9-10,15H2,1H3,(H,26,27). The number of nitrogens with one attached hydrogen (secondary N) is 1. The summed E-state index contributed by atoms with van der Waals surface area (Å²) in [6.45, 7) is 0.378. The van der Waals surface area contributed by atoms with Gasteiger partial charge >= 0.3 is 0 Å². The predicted octanol–water partition coefficient (Wildman–Crippen LogP) is 4.99. The highest BCUT2D eigenvalue weighted by Crippen LogP contribution is 2.49. The Hall–Kier alpha value is -3.05.